The second-order valence-electron chi connectivity index (χ2n) is 4.42. The van der Waals surface area contributed by atoms with Crippen molar-refractivity contribution in [2.24, 2.45) is 0 Å². The van der Waals surface area contributed by atoms with Gasteiger partial charge in [0.25, 0.3) is 0 Å². The number of carbonyl (C=O) groups is 2. The van der Waals surface area contributed by atoms with Crippen molar-refractivity contribution < 1.29 is 34.0 Å². The maximum Gasteiger partial charge on any atom is 0.407 e. The first-order valence-electron chi connectivity index (χ1n) is 6.39. The highest BCUT2D eigenvalue weighted by Crippen LogP contribution is 2.28. The summed E-state index contributed by atoms with van der Waals surface area (Å²) in [7, 11) is 4.11. The molecule has 3 N–H and O–H groups in total. The monoisotopic (exact) mass is 313 g/mol. The normalized spacial score (nSPS) is 12.9. The molecule has 0 radical (unpaired) electrons. The molecule has 0 spiro atoms. The smallest absolute Gasteiger partial charge is 0.407 e. The zero-order valence-corrected chi connectivity index (χ0v) is 12.5. The van der Waals surface area contributed by atoms with Crippen LogP contribution in [0.5, 0.6) is 11.5 Å². The Labute approximate surface area is 127 Å². The zero-order chi connectivity index (χ0) is 16.7. The fourth-order valence-corrected chi connectivity index (χ4v) is 1.89. The Morgan fingerprint density at radius 2 is 1.82 bits per heavy atom. The molecule has 0 saturated carbocycles. The number of carboxylic acids is 1. The number of ether oxygens (including phenoxy) is 3. The summed E-state index contributed by atoms with van der Waals surface area (Å²) in [6.07, 6.45) is -2.53. The number of amides is 1. The second-order valence-corrected chi connectivity index (χ2v) is 4.42. The van der Waals surface area contributed by atoms with E-state index in [9.17, 15) is 14.7 Å². The number of hydrogen-bond donors (Lipinski definition) is 3. The van der Waals surface area contributed by atoms with Crippen LogP contribution in [0.4, 0.5) is 4.79 Å². The minimum atomic E-state index is -1.77. The van der Waals surface area contributed by atoms with E-state index in [1.54, 1.807) is 18.2 Å². The Kier molecular flexibility index (Phi) is 6.46. The van der Waals surface area contributed by atoms with E-state index in [-0.39, 0.29) is 6.42 Å². The molecular weight excluding hydrogens is 294 g/mol. The van der Waals surface area contributed by atoms with Crippen LogP contribution >= 0.6 is 0 Å². The molecule has 0 saturated heterocycles. The van der Waals surface area contributed by atoms with Crippen LogP contribution < -0.4 is 14.8 Å². The summed E-state index contributed by atoms with van der Waals surface area (Å²) in [6, 6.07) is 3.92. The average molecular weight is 313 g/mol. The van der Waals surface area contributed by atoms with E-state index in [1.165, 1.54) is 14.2 Å². The molecule has 1 amide bonds. The molecule has 8 nitrogen and oxygen atoms in total. The number of benzene rings is 1. The van der Waals surface area contributed by atoms with Gasteiger partial charge in [0.15, 0.2) is 17.6 Å². The molecule has 2 atom stereocenters. The molecule has 0 fully saturated rings. The summed E-state index contributed by atoms with van der Waals surface area (Å²) in [4.78, 5) is 22.2. The third-order valence-corrected chi connectivity index (χ3v) is 3.03. The number of carboxylic acid groups (broad SMARTS) is 1. The van der Waals surface area contributed by atoms with Crippen LogP contribution in [0.3, 0.4) is 0 Å². The zero-order valence-electron chi connectivity index (χ0n) is 12.5. The van der Waals surface area contributed by atoms with Gasteiger partial charge in [-0.25, -0.2) is 9.59 Å². The Morgan fingerprint density at radius 3 is 2.32 bits per heavy atom. The van der Waals surface area contributed by atoms with Gasteiger partial charge in [0.05, 0.1) is 27.4 Å². The number of aliphatic carboxylic acids is 1. The van der Waals surface area contributed by atoms with Gasteiger partial charge in [-0.1, -0.05) is 6.07 Å². The molecule has 1 rings (SSSR count). The number of alkyl carbamates (subject to hydrolysis) is 1. The molecule has 1 aromatic rings. The quantitative estimate of drug-likeness (QED) is 0.668. The SMILES string of the molecule is COC(=O)NC(Cc1ccc(OC)c(OC)c1)C(O)C(=O)O. The summed E-state index contributed by atoms with van der Waals surface area (Å²) < 4.78 is 14.7. The van der Waals surface area contributed by atoms with E-state index in [4.69, 9.17) is 14.6 Å². The van der Waals surface area contributed by atoms with Crippen molar-refractivity contribution >= 4 is 12.1 Å². The molecule has 8 heteroatoms. The van der Waals surface area contributed by atoms with Crippen LogP contribution in [0.2, 0.25) is 0 Å². The van der Waals surface area contributed by atoms with E-state index in [0.29, 0.717) is 17.1 Å². The third-order valence-electron chi connectivity index (χ3n) is 3.03. The summed E-state index contributed by atoms with van der Waals surface area (Å²) in [6.45, 7) is 0. The molecule has 2 unspecified atom stereocenters. The Hall–Kier alpha value is -2.48. The van der Waals surface area contributed by atoms with Crippen LogP contribution in [-0.2, 0) is 16.0 Å². The lowest BCUT2D eigenvalue weighted by atomic mass is 10.0. The molecule has 0 aliphatic carbocycles. The minimum Gasteiger partial charge on any atom is -0.493 e. The van der Waals surface area contributed by atoms with Crippen LogP contribution in [0, 0.1) is 0 Å². The standard InChI is InChI=1S/C14H19NO7/c1-20-10-5-4-8(7-11(10)21-2)6-9(12(16)13(17)18)15-14(19)22-3/h4-5,7,9,12,16H,6H2,1-3H3,(H,15,19)(H,17,18). The first-order valence-corrected chi connectivity index (χ1v) is 6.39. The van der Waals surface area contributed by atoms with E-state index >= 15 is 0 Å². The van der Waals surface area contributed by atoms with Gasteiger partial charge < -0.3 is 29.7 Å². The van der Waals surface area contributed by atoms with Crippen LogP contribution in [-0.4, -0.2) is 55.8 Å². The van der Waals surface area contributed by atoms with Gasteiger partial charge in [0.1, 0.15) is 0 Å². The van der Waals surface area contributed by atoms with Crippen LogP contribution in [0.15, 0.2) is 18.2 Å². The van der Waals surface area contributed by atoms with Gasteiger partial charge in [0.2, 0.25) is 0 Å². The predicted molar refractivity (Wildman–Crippen MR) is 76.2 cm³/mol. The lowest BCUT2D eigenvalue weighted by Crippen LogP contribution is -2.48. The van der Waals surface area contributed by atoms with Crippen molar-refractivity contribution in [2.75, 3.05) is 21.3 Å². The highest BCUT2D eigenvalue weighted by molar-refractivity contribution is 5.75. The minimum absolute atomic E-state index is 0.0723. The van der Waals surface area contributed by atoms with Crippen LogP contribution in [0.25, 0.3) is 0 Å². The lowest BCUT2D eigenvalue weighted by molar-refractivity contribution is -0.148. The topological polar surface area (TPSA) is 114 Å². The van der Waals surface area contributed by atoms with Gasteiger partial charge in [0, 0.05) is 0 Å². The average Bonchev–Trinajstić information content (AvgIpc) is 2.52. The largest absolute Gasteiger partial charge is 0.493 e. The van der Waals surface area contributed by atoms with E-state index < -0.39 is 24.2 Å². The van der Waals surface area contributed by atoms with Crippen molar-refractivity contribution in [3.63, 3.8) is 0 Å². The number of methoxy groups -OCH3 is 3. The van der Waals surface area contributed by atoms with Gasteiger partial charge >= 0.3 is 12.1 Å². The van der Waals surface area contributed by atoms with Crippen molar-refractivity contribution in [1.29, 1.82) is 0 Å². The van der Waals surface area contributed by atoms with Crippen LogP contribution in [0.1, 0.15) is 5.56 Å². The summed E-state index contributed by atoms with van der Waals surface area (Å²) >= 11 is 0. The van der Waals surface area contributed by atoms with Crippen molar-refractivity contribution in [1.82, 2.24) is 5.32 Å². The van der Waals surface area contributed by atoms with E-state index in [1.807, 2.05) is 0 Å². The first-order chi connectivity index (χ1) is 10.4. The maximum absolute atomic E-state index is 11.3. The highest BCUT2D eigenvalue weighted by atomic mass is 16.5. The van der Waals surface area contributed by atoms with E-state index in [2.05, 4.69) is 10.1 Å². The fraction of sp³-hybridized carbons (Fsp3) is 0.429. The number of aliphatic hydroxyl groups excluding tert-OH is 1. The molecule has 0 aliphatic rings. The Balaban J connectivity index is 2.97. The van der Waals surface area contributed by atoms with Gasteiger partial charge in [-0.05, 0) is 24.1 Å². The number of rotatable bonds is 7. The molecule has 22 heavy (non-hydrogen) atoms. The molecule has 122 valence electrons. The molecule has 0 heterocycles. The summed E-state index contributed by atoms with van der Waals surface area (Å²) in [5.74, 6) is -0.467. The number of aliphatic hydroxyl groups is 1. The molecule has 0 aromatic heterocycles. The van der Waals surface area contributed by atoms with Crippen molar-refractivity contribution in [3.8, 4) is 11.5 Å². The third kappa shape index (κ3) is 4.52. The van der Waals surface area contributed by atoms with Gasteiger partial charge in [-0.15, -0.1) is 0 Å². The first kappa shape index (κ1) is 17.6. The number of nitrogens with one attached hydrogen (secondary N) is 1. The van der Waals surface area contributed by atoms with Gasteiger partial charge in [-0.2, -0.15) is 0 Å². The highest BCUT2D eigenvalue weighted by Gasteiger charge is 2.28. The maximum atomic E-state index is 11.3. The van der Waals surface area contributed by atoms with E-state index in [0.717, 1.165) is 7.11 Å². The number of hydrogen-bond acceptors (Lipinski definition) is 6. The van der Waals surface area contributed by atoms with Crippen molar-refractivity contribution in [3.05, 3.63) is 23.8 Å². The predicted octanol–water partition coefficient (Wildman–Crippen LogP) is 0.416. The molecular formula is C14H19NO7. The van der Waals surface area contributed by atoms with Gasteiger partial charge in [-0.3, -0.25) is 0 Å². The molecule has 0 bridgehead atoms. The fourth-order valence-electron chi connectivity index (χ4n) is 1.89. The molecule has 0 aliphatic heterocycles. The summed E-state index contributed by atoms with van der Waals surface area (Å²) in [5.41, 5.74) is 0.652. The Bertz CT molecular complexity index is 532. The summed E-state index contributed by atoms with van der Waals surface area (Å²) in [5, 5.41) is 20.9. The Morgan fingerprint density at radius 1 is 1.18 bits per heavy atom. The second kappa shape index (κ2) is 8.08. The number of carbonyl (C=O) groups excluding carboxylic acids is 1. The lowest BCUT2D eigenvalue weighted by Gasteiger charge is -2.21. The molecule has 1 aromatic carbocycles. The van der Waals surface area contributed by atoms with Crippen molar-refractivity contribution in [2.45, 2.75) is 18.6 Å².